The fourth-order valence-electron chi connectivity index (χ4n) is 1.98. The second kappa shape index (κ2) is 6.25. The number of phenols is 1. The van der Waals surface area contributed by atoms with Gasteiger partial charge in [-0.1, -0.05) is 30.3 Å². The Morgan fingerprint density at radius 2 is 1.79 bits per heavy atom. The van der Waals surface area contributed by atoms with Gasteiger partial charge >= 0.3 is 0 Å². The lowest BCUT2D eigenvalue weighted by atomic mass is 10.1. The highest BCUT2D eigenvalue weighted by Gasteiger charge is 2.08. The van der Waals surface area contributed by atoms with E-state index >= 15 is 0 Å². The number of phenolic OH excluding ortho intramolecular Hbond substituents is 1. The lowest BCUT2D eigenvalue weighted by Crippen LogP contribution is -2.18. The highest BCUT2D eigenvalue weighted by Crippen LogP contribution is 2.23. The molecular formula is C16H19NO2. The molecule has 1 unspecified atom stereocenters. The molecule has 19 heavy (non-hydrogen) atoms. The van der Waals surface area contributed by atoms with Crippen LogP contribution in [0.2, 0.25) is 0 Å². The van der Waals surface area contributed by atoms with Crippen LogP contribution in [0.25, 0.3) is 0 Å². The second-order valence-corrected chi connectivity index (χ2v) is 4.51. The first-order valence-electron chi connectivity index (χ1n) is 6.35. The molecule has 2 rings (SSSR count). The summed E-state index contributed by atoms with van der Waals surface area (Å²) in [6.07, 6.45) is 0. The fraction of sp³-hybridized carbons (Fsp3) is 0.250. The molecule has 0 bridgehead atoms. The summed E-state index contributed by atoms with van der Waals surface area (Å²) in [5, 5.41) is 13.2. The van der Waals surface area contributed by atoms with Gasteiger partial charge in [0.15, 0.2) is 0 Å². The molecule has 0 amide bonds. The first kappa shape index (κ1) is 13.4. The van der Waals surface area contributed by atoms with E-state index in [2.05, 4.69) is 5.32 Å². The van der Waals surface area contributed by atoms with Crippen molar-refractivity contribution in [2.24, 2.45) is 0 Å². The van der Waals surface area contributed by atoms with E-state index in [4.69, 9.17) is 4.74 Å². The average molecular weight is 257 g/mol. The van der Waals surface area contributed by atoms with Crippen molar-refractivity contribution in [2.45, 2.75) is 19.5 Å². The number of para-hydroxylation sites is 1. The lowest BCUT2D eigenvalue weighted by Gasteiger charge is -2.15. The van der Waals surface area contributed by atoms with Crippen molar-refractivity contribution in [1.29, 1.82) is 0 Å². The van der Waals surface area contributed by atoms with E-state index < -0.39 is 0 Å². The molecule has 0 radical (unpaired) electrons. The van der Waals surface area contributed by atoms with Gasteiger partial charge in [-0.05, 0) is 30.7 Å². The van der Waals surface area contributed by atoms with E-state index in [0.717, 1.165) is 17.9 Å². The predicted molar refractivity (Wildman–Crippen MR) is 76.4 cm³/mol. The zero-order chi connectivity index (χ0) is 13.7. The van der Waals surface area contributed by atoms with E-state index in [-0.39, 0.29) is 6.04 Å². The Kier molecular flexibility index (Phi) is 4.42. The summed E-state index contributed by atoms with van der Waals surface area (Å²) in [5.74, 6) is 1.19. The third-order valence-corrected chi connectivity index (χ3v) is 3.17. The van der Waals surface area contributed by atoms with Gasteiger partial charge in [0.1, 0.15) is 11.5 Å². The summed E-state index contributed by atoms with van der Waals surface area (Å²) in [6, 6.07) is 15.5. The number of benzene rings is 2. The monoisotopic (exact) mass is 257 g/mol. The minimum absolute atomic E-state index is 0.100. The summed E-state index contributed by atoms with van der Waals surface area (Å²) < 4.78 is 5.13. The van der Waals surface area contributed by atoms with E-state index in [1.807, 2.05) is 49.4 Å². The minimum atomic E-state index is 0.100. The summed E-state index contributed by atoms with van der Waals surface area (Å²) in [6.45, 7) is 2.79. The zero-order valence-corrected chi connectivity index (χ0v) is 11.3. The SMILES string of the molecule is COc1ccc(CNC(C)c2ccccc2O)cc1. The molecule has 0 heterocycles. The number of ether oxygens (including phenoxy) is 1. The Balaban J connectivity index is 1.96. The first-order chi connectivity index (χ1) is 9.20. The molecule has 0 fully saturated rings. The van der Waals surface area contributed by atoms with Crippen LogP contribution in [0.5, 0.6) is 11.5 Å². The summed E-state index contributed by atoms with van der Waals surface area (Å²) in [7, 11) is 1.66. The van der Waals surface area contributed by atoms with E-state index in [0.29, 0.717) is 5.75 Å². The number of nitrogens with one attached hydrogen (secondary N) is 1. The van der Waals surface area contributed by atoms with Crippen molar-refractivity contribution < 1.29 is 9.84 Å². The molecule has 1 atom stereocenters. The van der Waals surface area contributed by atoms with Crippen molar-refractivity contribution in [3.63, 3.8) is 0 Å². The Bertz CT molecular complexity index is 523. The molecule has 0 aliphatic carbocycles. The Hall–Kier alpha value is -2.00. The van der Waals surface area contributed by atoms with Gasteiger partial charge in [-0.2, -0.15) is 0 Å². The molecule has 0 aromatic heterocycles. The zero-order valence-electron chi connectivity index (χ0n) is 11.3. The number of hydrogen-bond acceptors (Lipinski definition) is 3. The van der Waals surface area contributed by atoms with Crippen molar-refractivity contribution in [3.05, 3.63) is 59.7 Å². The second-order valence-electron chi connectivity index (χ2n) is 4.51. The lowest BCUT2D eigenvalue weighted by molar-refractivity contribution is 0.414. The molecule has 100 valence electrons. The maximum atomic E-state index is 9.79. The molecule has 3 nitrogen and oxygen atoms in total. The first-order valence-corrected chi connectivity index (χ1v) is 6.35. The Morgan fingerprint density at radius 3 is 2.42 bits per heavy atom. The van der Waals surface area contributed by atoms with E-state index in [1.54, 1.807) is 13.2 Å². The maximum absolute atomic E-state index is 9.79. The third kappa shape index (κ3) is 3.48. The van der Waals surface area contributed by atoms with Crippen molar-refractivity contribution in [3.8, 4) is 11.5 Å². The number of methoxy groups -OCH3 is 1. The van der Waals surface area contributed by atoms with Crippen LogP contribution in [0.4, 0.5) is 0 Å². The van der Waals surface area contributed by atoms with Crippen LogP contribution in [0.3, 0.4) is 0 Å². The van der Waals surface area contributed by atoms with Crippen molar-refractivity contribution in [1.82, 2.24) is 5.32 Å². The van der Waals surface area contributed by atoms with Gasteiger partial charge in [-0.25, -0.2) is 0 Å². The molecule has 2 aromatic rings. The molecule has 3 heteroatoms. The quantitative estimate of drug-likeness (QED) is 0.864. The van der Waals surface area contributed by atoms with Gasteiger partial charge in [0.25, 0.3) is 0 Å². The van der Waals surface area contributed by atoms with Crippen LogP contribution in [0.1, 0.15) is 24.1 Å². The molecule has 2 N–H and O–H groups in total. The van der Waals surface area contributed by atoms with Gasteiger partial charge in [0, 0.05) is 18.2 Å². The molecule has 0 spiro atoms. The number of aromatic hydroxyl groups is 1. The van der Waals surface area contributed by atoms with Crippen LogP contribution < -0.4 is 10.1 Å². The average Bonchev–Trinajstić information content (AvgIpc) is 2.46. The van der Waals surface area contributed by atoms with Gasteiger partial charge in [-0.15, -0.1) is 0 Å². The van der Waals surface area contributed by atoms with Crippen LogP contribution in [-0.4, -0.2) is 12.2 Å². The molecular weight excluding hydrogens is 238 g/mol. The molecule has 0 aliphatic heterocycles. The summed E-state index contributed by atoms with van der Waals surface area (Å²) in [4.78, 5) is 0. The van der Waals surface area contributed by atoms with Crippen molar-refractivity contribution in [2.75, 3.05) is 7.11 Å². The predicted octanol–water partition coefficient (Wildman–Crippen LogP) is 3.25. The smallest absolute Gasteiger partial charge is 0.120 e. The molecule has 2 aromatic carbocycles. The standard InChI is InChI=1S/C16H19NO2/c1-12(15-5-3-4-6-16(15)18)17-11-13-7-9-14(19-2)10-8-13/h3-10,12,17-18H,11H2,1-2H3. The van der Waals surface area contributed by atoms with Crippen LogP contribution in [-0.2, 0) is 6.54 Å². The Labute approximate surface area is 113 Å². The van der Waals surface area contributed by atoms with Crippen LogP contribution in [0.15, 0.2) is 48.5 Å². The van der Waals surface area contributed by atoms with Crippen molar-refractivity contribution >= 4 is 0 Å². The topological polar surface area (TPSA) is 41.5 Å². The molecule has 0 aliphatic rings. The summed E-state index contributed by atoms with van der Waals surface area (Å²) in [5.41, 5.74) is 2.10. The largest absolute Gasteiger partial charge is 0.508 e. The highest BCUT2D eigenvalue weighted by atomic mass is 16.5. The molecule has 0 saturated carbocycles. The minimum Gasteiger partial charge on any atom is -0.508 e. The molecule has 0 saturated heterocycles. The van der Waals surface area contributed by atoms with Gasteiger partial charge in [0.05, 0.1) is 7.11 Å². The van der Waals surface area contributed by atoms with Crippen LogP contribution in [0, 0.1) is 0 Å². The van der Waals surface area contributed by atoms with E-state index in [1.165, 1.54) is 5.56 Å². The fourth-order valence-corrected chi connectivity index (χ4v) is 1.98. The van der Waals surface area contributed by atoms with Gasteiger partial charge in [-0.3, -0.25) is 0 Å². The summed E-state index contributed by atoms with van der Waals surface area (Å²) >= 11 is 0. The normalized spacial score (nSPS) is 12.1. The number of rotatable bonds is 5. The van der Waals surface area contributed by atoms with E-state index in [9.17, 15) is 5.11 Å². The van der Waals surface area contributed by atoms with Crippen LogP contribution >= 0.6 is 0 Å². The third-order valence-electron chi connectivity index (χ3n) is 3.17. The number of hydrogen-bond donors (Lipinski definition) is 2. The van der Waals surface area contributed by atoms with Gasteiger partial charge in [0.2, 0.25) is 0 Å². The van der Waals surface area contributed by atoms with Gasteiger partial charge < -0.3 is 15.2 Å². The Morgan fingerprint density at radius 1 is 1.11 bits per heavy atom. The maximum Gasteiger partial charge on any atom is 0.120 e. The highest BCUT2D eigenvalue weighted by molar-refractivity contribution is 5.34.